The zero-order valence-electron chi connectivity index (χ0n) is 16.2. The highest BCUT2D eigenvalue weighted by Gasteiger charge is 2.19. The van der Waals surface area contributed by atoms with Gasteiger partial charge in [-0.05, 0) is 48.9 Å². The van der Waals surface area contributed by atoms with Gasteiger partial charge in [0.2, 0.25) is 5.91 Å². The topological polar surface area (TPSA) is 109 Å². The monoisotopic (exact) mass is 397 g/mol. The number of hydrogen-bond acceptors (Lipinski definition) is 4. The molecule has 0 saturated heterocycles. The lowest BCUT2D eigenvalue weighted by Gasteiger charge is -2.08. The number of rotatable bonds is 5. The Bertz CT molecular complexity index is 1290. The fourth-order valence-corrected chi connectivity index (χ4v) is 3.41. The summed E-state index contributed by atoms with van der Waals surface area (Å²) in [7, 11) is 0. The van der Waals surface area contributed by atoms with E-state index < -0.39 is 5.91 Å². The first kappa shape index (κ1) is 19.1. The lowest BCUT2D eigenvalue weighted by molar-refractivity contribution is 0.1000. The second kappa shape index (κ2) is 7.67. The van der Waals surface area contributed by atoms with E-state index in [2.05, 4.69) is 4.98 Å². The van der Waals surface area contributed by atoms with Crippen LogP contribution in [0.5, 0.6) is 5.88 Å². The number of hydrogen-bond donors (Lipinski definition) is 3. The zero-order valence-corrected chi connectivity index (χ0v) is 16.2. The molecule has 0 unspecified atom stereocenters. The number of carbonyl (C=O) groups is 2. The number of nitrogens with one attached hydrogen (secondary N) is 1. The van der Waals surface area contributed by atoms with E-state index in [1.165, 1.54) is 0 Å². The van der Waals surface area contributed by atoms with Gasteiger partial charge in [-0.1, -0.05) is 30.3 Å². The number of nitrogens with zero attached hydrogens (tertiary/aromatic N) is 1. The predicted octanol–water partition coefficient (Wildman–Crippen LogP) is 4.26. The van der Waals surface area contributed by atoms with Crippen molar-refractivity contribution in [3.8, 4) is 5.88 Å². The molecule has 0 bridgehead atoms. The molecule has 6 nitrogen and oxygen atoms in total. The third-order valence-corrected chi connectivity index (χ3v) is 4.97. The number of aldehydes is 1. The Hall–Kier alpha value is -4.19. The maximum atomic E-state index is 11.3. The molecule has 4 aromatic rings. The smallest absolute Gasteiger partial charge is 0.248 e. The summed E-state index contributed by atoms with van der Waals surface area (Å²) in [6.45, 7) is 1.85. The molecule has 30 heavy (non-hydrogen) atoms. The molecular formula is C24H19N3O3. The number of aromatic hydroxyl groups is 1. The van der Waals surface area contributed by atoms with E-state index in [1.54, 1.807) is 30.3 Å². The molecule has 148 valence electrons. The Morgan fingerprint density at radius 1 is 1.03 bits per heavy atom. The van der Waals surface area contributed by atoms with Gasteiger partial charge in [0.1, 0.15) is 6.29 Å². The van der Waals surface area contributed by atoms with Crippen molar-refractivity contribution in [1.29, 1.82) is 0 Å². The van der Waals surface area contributed by atoms with Crippen LogP contribution in [0, 0.1) is 6.92 Å². The fourth-order valence-electron chi connectivity index (χ4n) is 3.41. The zero-order chi connectivity index (χ0) is 21.3. The summed E-state index contributed by atoms with van der Waals surface area (Å²) >= 11 is 0. The Labute approximate surface area is 172 Å². The van der Waals surface area contributed by atoms with Crippen molar-refractivity contribution in [2.45, 2.75) is 6.92 Å². The van der Waals surface area contributed by atoms with E-state index in [0.29, 0.717) is 33.6 Å². The van der Waals surface area contributed by atoms with Gasteiger partial charge in [-0.15, -0.1) is 0 Å². The standard InChI is InChI=1S/C24H19N3O3/c1-14-11-19-20(12-17(14)13-28)27-24(30)21(19)22(15-5-3-2-4-6-15)26-18-9-7-16(8-10-18)23(25)29/h2-13,27,30H,1H3,(H2,25,29). The van der Waals surface area contributed by atoms with Crippen molar-refractivity contribution in [2.24, 2.45) is 10.7 Å². The quantitative estimate of drug-likeness (QED) is 0.346. The van der Waals surface area contributed by atoms with Gasteiger partial charge in [-0.2, -0.15) is 0 Å². The van der Waals surface area contributed by atoms with Crippen LogP contribution in [-0.4, -0.2) is 28.0 Å². The maximum absolute atomic E-state index is 11.3. The minimum atomic E-state index is -0.510. The predicted molar refractivity (Wildman–Crippen MR) is 117 cm³/mol. The Morgan fingerprint density at radius 3 is 2.37 bits per heavy atom. The van der Waals surface area contributed by atoms with Gasteiger partial charge in [0, 0.05) is 27.6 Å². The summed E-state index contributed by atoms with van der Waals surface area (Å²) in [5, 5.41) is 11.5. The van der Waals surface area contributed by atoms with Gasteiger partial charge < -0.3 is 15.8 Å². The number of amides is 1. The molecule has 0 fully saturated rings. The molecule has 4 rings (SSSR count). The molecule has 1 aromatic heterocycles. The number of aryl methyl sites for hydroxylation is 1. The minimum Gasteiger partial charge on any atom is -0.494 e. The van der Waals surface area contributed by atoms with Crippen LogP contribution in [0.15, 0.2) is 71.7 Å². The summed E-state index contributed by atoms with van der Waals surface area (Å²) in [5.74, 6) is -0.548. The molecule has 0 radical (unpaired) electrons. The van der Waals surface area contributed by atoms with E-state index in [4.69, 9.17) is 10.7 Å². The van der Waals surface area contributed by atoms with Crippen molar-refractivity contribution in [3.05, 3.63) is 94.5 Å². The first-order valence-electron chi connectivity index (χ1n) is 9.32. The molecule has 3 aromatic carbocycles. The molecular weight excluding hydrogens is 378 g/mol. The van der Waals surface area contributed by atoms with Crippen molar-refractivity contribution < 1.29 is 14.7 Å². The number of nitrogens with two attached hydrogens (primary N) is 1. The first-order chi connectivity index (χ1) is 14.5. The molecule has 0 saturated carbocycles. The van der Waals surface area contributed by atoms with Crippen LogP contribution in [-0.2, 0) is 0 Å². The molecule has 1 amide bonds. The number of fused-ring (bicyclic) bond motifs is 1. The number of primary amides is 1. The summed E-state index contributed by atoms with van der Waals surface area (Å²) in [6.07, 6.45) is 0.790. The van der Waals surface area contributed by atoms with Gasteiger partial charge in [0.25, 0.3) is 0 Å². The van der Waals surface area contributed by atoms with Crippen molar-refractivity contribution in [3.63, 3.8) is 0 Å². The lowest BCUT2D eigenvalue weighted by Crippen LogP contribution is -2.10. The number of carbonyl (C=O) groups excluding carboxylic acids is 2. The van der Waals surface area contributed by atoms with E-state index in [0.717, 1.165) is 22.8 Å². The van der Waals surface area contributed by atoms with Crippen molar-refractivity contribution in [2.75, 3.05) is 0 Å². The molecule has 1 heterocycles. The van der Waals surface area contributed by atoms with Crippen LogP contribution in [0.3, 0.4) is 0 Å². The van der Waals surface area contributed by atoms with Crippen LogP contribution >= 0.6 is 0 Å². The van der Waals surface area contributed by atoms with Crippen molar-refractivity contribution in [1.82, 2.24) is 4.98 Å². The van der Waals surface area contributed by atoms with Gasteiger partial charge >= 0.3 is 0 Å². The Balaban J connectivity index is 1.95. The fraction of sp³-hybridized carbons (Fsp3) is 0.0417. The average molecular weight is 397 g/mol. The Morgan fingerprint density at radius 2 is 1.73 bits per heavy atom. The molecule has 0 spiro atoms. The lowest BCUT2D eigenvalue weighted by atomic mass is 9.98. The van der Waals surface area contributed by atoms with Crippen LogP contribution < -0.4 is 5.73 Å². The first-order valence-corrected chi connectivity index (χ1v) is 9.32. The third kappa shape index (κ3) is 3.46. The van der Waals surface area contributed by atoms with Gasteiger partial charge in [0.15, 0.2) is 5.88 Å². The summed E-state index contributed by atoms with van der Waals surface area (Å²) in [5.41, 5.74) is 10.2. The highest BCUT2D eigenvalue weighted by Crippen LogP contribution is 2.33. The average Bonchev–Trinajstić information content (AvgIpc) is 3.06. The summed E-state index contributed by atoms with van der Waals surface area (Å²) in [4.78, 5) is 30.4. The Kier molecular flexibility index (Phi) is 4.90. The highest BCUT2D eigenvalue weighted by atomic mass is 16.3. The van der Waals surface area contributed by atoms with Crippen LogP contribution in [0.2, 0.25) is 0 Å². The van der Waals surface area contributed by atoms with E-state index in [9.17, 15) is 14.7 Å². The molecule has 4 N–H and O–H groups in total. The van der Waals surface area contributed by atoms with E-state index in [1.807, 2.05) is 43.3 Å². The third-order valence-electron chi connectivity index (χ3n) is 4.97. The molecule has 0 aliphatic rings. The van der Waals surface area contributed by atoms with Crippen LogP contribution in [0.4, 0.5) is 5.69 Å². The second-order valence-corrected chi connectivity index (χ2v) is 6.96. The normalized spacial score (nSPS) is 11.6. The van der Waals surface area contributed by atoms with E-state index in [-0.39, 0.29) is 5.88 Å². The van der Waals surface area contributed by atoms with Crippen LogP contribution in [0.25, 0.3) is 10.9 Å². The number of H-pyrrole nitrogens is 1. The molecule has 0 aliphatic heterocycles. The molecule has 0 atom stereocenters. The largest absolute Gasteiger partial charge is 0.494 e. The number of benzene rings is 3. The molecule has 0 aliphatic carbocycles. The maximum Gasteiger partial charge on any atom is 0.248 e. The summed E-state index contributed by atoms with van der Waals surface area (Å²) in [6, 6.07) is 19.7. The number of aromatic nitrogens is 1. The van der Waals surface area contributed by atoms with Gasteiger partial charge in [0.05, 0.1) is 17.0 Å². The van der Waals surface area contributed by atoms with Gasteiger partial charge in [-0.25, -0.2) is 4.99 Å². The van der Waals surface area contributed by atoms with Crippen LogP contribution in [0.1, 0.15) is 37.4 Å². The number of aromatic amines is 1. The summed E-state index contributed by atoms with van der Waals surface area (Å²) < 4.78 is 0. The molecule has 6 heteroatoms. The SMILES string of the molecule is Cc1cc2c(C(=Nc3ccc(C(N)=O)cc3)c3ccccc3)c(O)[nH]c2cc1C=O. The van der Waals surface area contributed by atoms with Crippen molar-refractivity contribution >= 4 is 34.5 Å². The van der Waals surface area contributed by atoms with Gasteiger partial charge in [-0.3, -0.25) is 9.59 Å². The van der Waals surface area contributed by atoms with E-state index >= 15 is 0 Å². The highest BCUT2D eigenvalue weighted by molar-refractivity contribution is 6.22. The minimum absolute atomic E-state index is 0.0381. The second-order valence-electron chi connectivity index (χ2n) is 6.96. The number of aliphatic imine (C=N–C) groups is 1.